The zero-order chi connectivity index (χ0) is 11.6. The van der Waals surface area contributed by atoms with Gasteiger partial charge in [0.05, 0.1) is 5.56 Å². The summed E-state index contributed by atoms with van der Waals surface area (Å²) in [6.07, 6.45) is -5.14. The van der Waals surface area contributed by atoms with Crippen LogP contribution in [0, 0.1) is 23.0 Å². The molecule has 0 N–H and O–H groups in total. The van der Waals surface area contributed by atoms with Gasteiger partial charge >= 0.3 is 6.36 Å². The number of nitriles is 1. The number of ether oxygens (including phenoxy) is 1. The number of nitrogens with zero attached hydrogens (tertiary/aromatic N) is 1. The van der Waals surface area contributed by atoms with Gasteiger partial charge in [0.25, 0.3) is 0 Å². The standard InChI is InChI=1S/C8H2F5NO/c9-5-1-4(3-14)7(10)6(2-5)15-8(11,12)13/h1-2H. The third-order valence-corrected chi connectivity index (χ3v) is 1.35. The van der Waals surface area contributed by atoms with Crippen LogP contribution in [0.15, 0.2) is 12.1 Å². The molecule has 0 saturated carbocycles. The van der Waals surface area contributed by atoms with Gasteiger partial charge in [-0.25, -0.2) is 8.78 Å². The number of hydrogen-bond acceptors (Lipinski definition) is 2. The molecule has 0 fully saturated rings. The van der Waals surface area contributed by atoms with Gasteiger partial charge in [-0.15, -0.1) is 13.2 Å². The Balaban J connectivity index is 3.20. The van der Waals surface area contributed by atoms with Crippen molar-refractivity contribution in [2.24, 2.45) is 0 Å². The highest BCUT2D eigenvalue weighted by atomic mass is 19.4. The highest BCUT2D eigenvalue weighted by Crippen LogP contribution is 2.28. The first kappa shape index (κ1) is 11.2. The van der Waals surface area contributed by atoms with E-state index in [0.29, 0.717) is 6.07 Å². The van der Waals surface area contributed by atoms with Crippen molar-refractivity contribution in [3.63, 3.8) is 0 Å². The Morgan fingerprint density at radius 2 is 1.80 bits per heavy atom. The third-order valence-electron chi connectivity index (χ3n) is 1.35. The molecule has 0 aliphatic rings. The molecule has 0 spiro atoms. The molecule has 0 bridgehead atoms. The summed E-state index contributed by atoms with van der Waals surface area (Å²) in [6, 6.07) is 1.88. The van der Waals surface area contributed by atoms with Crippen molar-refractivity contribution in [2.45, 2.75) is 6.36 Å². The Hall–Kier alpha value is -1.84. The highest BCUT2D eigenvalue weighted by Gasteiger charge is 2.33. The Labute approximate surface area is 80.5 Å². The van der Waals surface area contributed by atoms with Gasteiger partial charge in [-0.1, -0.05) is 0 Å². The minimum absolute atomic E-state index is 0.212. The van der Waals surface area contributed by atoms with Gasteiger partial charge in [0.1, 0.15) is 11.9 Å². The van der Waals surface area contributed by atoms with Gasteiger partial charge in [0, 0.05) is 6.07 Å². The van der Waals surface area contributed by atoms with Crippen molar-refractivity contribution in [2.75, 3.05) is 0 Å². The summed E-state index contributed by atoms with van der Waals surface area (Å²) in [5, 5.41) is 8.27. The summed E-state index contributed by atoms with van der Waals surface area (Å²) in [6.45, 7) is 0. The summed E-state index contributed by atoms with van der Waals surface area (Å²) in [7, 11) is 0. The monoisotopic (exact) mass is 223 g/mol. The van der Waals surface area contributed by atoms with E-state index in [0.717, 1.165) is 0 Å². The Kier molecular flexibility index (Phi) is 2.79. The fourth-order valence-electron chi connectivity index (χ4n) is 0.845. The van der Waals surface area contributed by atoms with Gasteiger partial charge in [-0.3, -0.25) is 0 Å². The van der Waals surface area contributed by atoms with Crippen LogP contribution in [0.5, 0.6) is 5.75 Å². The van der Waals surface area contributed by atoms with Crippen LogP contribution in [0.1, 0.15) is 5.56 Å². The molecule has 0 saturated heterocycles. The van der Waals surface area contributed by atoms with Crippen molar-refractivity contribution in [3.05, 3.63) is 29.3 Å². The number of benzene rings is 1. The zero-order valence-electron chi connectivity index (χ0n) is 6.90. The van der Waals surface area contributed by atoms with Crippen LogP contribution in [-0.4, -0.2) is 6.36 Å². The van der Waals surface area contributed by atoms with Crippen LogP contribution in [0.4, 0.5) is 22.0 Å². The SMILES string of the molecule is N#Cc1cc(F)cc(OC(F)(F)F)c1F. The van der Waals surface area contributed by atoms with E-state index in [1.54, 1.807) is 0 Å². The quantitative estimate of drug-likeness (QED) is 0.685. The minimum Gasteiger partial charge on any atom is -0.402 e. The van der Waals surface area contributed by atoms with Crippen molar-refractivity contribution in [3.8, 4) is 11.8 Å². The average Bonchev–Trinajstić information content (AvgIpc) is 2.08. The van der Waals surface area contributed by atoms with Gasteiger partial charge in [-0.05, 0) is 6.07 Å². The van der Waals surface area contributed by atoms with Crippen LogP contribution in [-0.2, 0) is 0 Å². The summed E-state index contributed by atoms with van der Waals surface area (Å²) in [4.78, 5) is 0. The molecule has 1 aromatic rings. The number of hydrogen-bond donors (Lipinski definition) is 0. The predicted molar refractivity (Wildman–Crippen MR) is 37.8 cm³/mol. The Morgan fingerprint density at radius 1 is 1.20 bits per heavy atom. The summed E-state index contributed by atoms with van der Waals surface area (Å²) >= 11 is 0. The smallest absolute Gasteiger partial charge is 0.402 e. The van der Waals surface area contributed by atoms with Crippen LogP contribution in [0.3, 0.4) is 0 Å². The third kappa shape index (κ3) is 2.80. The van der Waals surface area contributed by atoms with Crippen LogP contribution >= 0.6 is 0 Å². The van der Waals surface area contributed by atoms with E-state index >= 15 is 0 Å². The molecule has 0 aliphatic heterocycles. The molecule has 0 atom stereocenters. The molecule has 1 rings (SSSR count). The molecule has 0 aliphatic carbocycles. The molecule has 0 amide bonds. The van der Waals surface area contributed by atoms with Gasteiger partial charge in [0.2, 0.25) is 0 Å². The molecule has 2 nitrogen and oxygen atoms in total. The van der Waals surface area contributed by atoms with E-state index in [1.807, 2.05) is 0 Å². The Morgan fingerprint density at radius 3 is 2.27 bits per heavy atom. The number of alkyl halides is 3. The van der Waals surface area contributed by atoms with E-state index in [9.17, 15) is 22.0 Å². The lowest BCUT2D eigenvalue weighted by Gasteiger charge is -2.09. The maximum atomic E-state index is 13.0. The molecule has 0 aromatic heterocycles. The fourth-order valence-corrected chi connectivity index (χ4v) is 0.845. The first-order valence-corrected chi connectivity index (χ1v) is 3.48. The molecule has 0 radical (unpaired) electrons. The topological polar surface area (TPSA) is 33.0 Å². The van der Waals surface area contributed by atoms with Crippen molar-refractivity contribution in [1.82, 2.24) is 0 Å². The number of rotatable bonds is 1. The lowest BCUT2D eigenvalue weighted by molar-refractivity contribution is -0.275. The highest BCUT2D eigenvalue weighted by molar-refractivity contribution is 5.39. The van der Waals surface area contributed by atoms with Crippen molar-refractivity contribution >= 4 is 0 Å². The predicted octanol–water partition coefficient (Wildman–Crippen LogP) is 2.74. The fraction of sp³-hybridized carbons (Fsp3) is 0.125. The van der Waals surface area contributed by atoms with E-state index in [1.165, 1.54) is 6.07 Å². The zero-order valence-corrected chi connectivity index (χ0v) is 6.90. The average molecular weight is 223 g/mol. The largest absolute Gasteiger partial charge is 0.573 e. The summed E-state index contributed by atoms with van der Waals surface area (Å²) < 4.78 is 63.8. The second kappa shape index (κ2) is 3.73. The van der Waals surface area contributed by atoms with Gasteiger partial charge in [-0.2, -0.15) is 5.26 Å². The Bertz CT molecular complexity index is 420. The van der Waals surface area contributed by atoms with Crippen molar-refractivity contribution < 1.29 is 26.7 Å². The van der Waals surface area contributed by atoms with Crippen LogP contribution < -0.4 is 4.74 Å². The van der Waals surface area contributed by atoms with E-state index < -0.39 is 29.3 Å². The lowest BCUT2D eigenvalue weighted by Crippen LogP contribution is -2.18. The summed E-state index contributed by atoms with van der Waals surface area (Å²) in [5.41, 5.74) is -0.853. The molecule has 80 valence electrons. The second-order valence-electron chi connectivity index (χ2n) is 2.43. The normalized spacial score (nSPS) is 10.9. The molecular weight excluding hydrogens is 221 g/mol. The lowest BCUT2D eigenvalue weighted by atomic mass is 10.2. The van der Waals surface area contributed by atoms with Crippen molar-refractivity contribution in [1.29, 1.82) is 5.26 Å². The van der Waals surface area contributed by atoms with Gasteiger partial charge in [0.15, 0.2) is 11.6 Å². The summed E-state index contributed by atoms with van der Waals surface area (Å²) in [5.74, 6) is -4.09. The maximum absolute atomic E-state index is 13.0. The molecule has 1 aromatic carbocycles. The molecule has 7 heteroatoms. The molecule has 15 heavy (non-hydrogen) atoms. The first-order chi connectivity index (χ1) is 6.83. The second-order valence-corrected chi connectivity index (χ2v) is 2.43. The van der Waals surface area contributed by atoms with E-state index in [4.69, 9.17) is 5.26 Å². The molecule has 0 heterocycles. The van der Waals surface area contributed by atoms with Gasteiger partial charge < -0.3 is 4.74 Å². The molecule has 0 unspecified atom stereocenters. The molecular formula is C8H2F5NO. The first-order valence-electron chi connectivity index (χ1n) is 3.48. The van der Waals surface area contributed by atoms with E-state index in [2.05, 4.69) is 4.74 Å². The van der Waals surface area contributed by atoms with Crippen LogP contribution in [0.2, 0.25) is 0 Å². The number of halogens is 5. The van der Waals surface area contributed by atoms with E-state index in [-0.39, 0.29) is 6.07 Å². The van der Waals surface area contributed by atoms with Crippen LogP contribution in [0.25, 0.3) is 0 Å². The minimum atomic E-state index is -5.14. The maximum Gasteiger partial charge on any atom is 0.573 e.